The Morgan fingerprint density at radius 1 is 0.909 bits per heavy atom. The molecule has 6 nitrogen and oxygen atoms in total. The number of fused-ring (bicyclic) bond motifs is 1. The van der Waals surface area contributed by atoms with Crippen LogP contribution in [0.25, 0.3) is 5.57 Å². The van der Waals surface area contributed by atoms with Crippen LogP contribution in [0.3, 0.4) is 0 Å². The minimum Gasteiger partial charge on any atom is -0.491 e. The van der Waals surface area contributed by atoms with Crippen molar-refractivity contribution in [3.63, 3.8) is 0 Å². The number of allylic oxidation sites excluding steroid dienone is 1. The number of Topliss-reactive ketones (excluding diaryl/α,β-unsaturated/α-hetero) is 1. The molecule has 0 aliphatic carbocycles. The minimum atomic E-state index is -1.19. The first-order valence-electron chi connectivity index (χ1n) is 10.6. The number of carbonyl (C=O) groups excluding carboxylic acids is 1. The lowest BCUT2D eigenvalue weighted by Gasteiger charge is -2.14. The summed E-state index contributed by atoms with van der Waals surface area (Å²) in [6, 6.07) is 21.0. The molecule has 168 valence electrons. The molecule has 0 atom stereocenters. The Kier molecular flexibility index (Phi) is 6.45. The minimum absolute atomic E-state index is 0.00436. The molecule has 0 aromatic heterocycles. The highest BCUT2D eigenvalue weighted by Gasteiger charge is 2.25. The van der Waals surface area contributed by atoms with Gasteiger partial charge in [-0.1, -0.05) is 36.4 Å². The Morgan fingerprint density at radius 3 is 2.24 bits per heavy atom. The van der Waals surface area contributed by atoms with Crippen LogP contribution in [0.15, 0.2) is 78.4 Å². The monoisotopic (exact) mass is 444 g/mol. The van der Waals surface area contributed by atoms with Gasteiger partial charge in [-0.15, -0.1) is 0 Å². The van der Waals surface area contributed by atoms with Crippen molar-refractivity contribution in [3.8, 4) is 17.2 Å². The number of carboxylic acids is 1. The molecule has 0 saturated carbocycles. The molecule has 33 heavy (non-hydrogen) atoms. The van der Waals surface area contributed by atoms with Gasteiger partial charge >= 0.3 is 5.97 Å². The molecule has 1 heterocycles. The van der Waals surface area contributed by atoms with Crippen molar-refractivity contribution in [1.82, 2.24) is 0 Å². The fraction of sp³-hybridized carbons (Fsp3) is 0.185. The zero-order valence-electron chi connectivity index (χ0n) is 18.4. The number of ketones is 1. The van der Waals surface area contributed by atoms with E-state index in [1.807, 2.05) is 44.2 Å². The Balaban J connectivity index is 1.81. The van der Waals surface area contributed by atoms with Crippen LogP contribution in [0.1, 0.15) is 35.3 Å². The summed E-state index contributed by atoms with van der Waals surface area (Å²) in [6.07, 6.45) is 0.171. The summed E-state index contributed by atoms with van der Waals surface area (Å²) >= 11 is 0. The fourth-order valence-electron chi connectivity index (χ4n) is 3.69. The van der Waals surface area contributed by atoms with Crippen LogP contribution in [0, 0.1) is 0 Å². The van der Waals surface area contributed by atoms with Gasteiger partial charge in [0.25, 0.3) is 0 Å². The third kappa shape index (κ3) is 5.06. The second-order valence-corrected chi connectivity index (χ2v) is 7.91. The van der Waals surface area contributed by atoms with Gasteiger partial charge in [-0.2, -0.15) is 0 Å². The Morgan fingerprint density at radius 2 is 1.58 bits per heavy atom. The van der Waals surface area contributed by atoms with E-state index in [-0.39, 0.29) is 36.2 Å². The zero-order valence-corrected chi connectivity index (χ0v) is 18.4. The van der Waals surface area contributed by atoms with Crippen molar-refractivity contribution < 1.29 is 28.9 Å². The molecule has 3 aromatic carbocycles. The summed E-state index contributed by atoms with van der Waals surface area (Å²) < 4.78 is 16.4. The molecule has 0 unspecified atom stereocenters. The van der Waals surface area contributed by atoms with E-state index in [1.165, 1.54) is 0 Å². The Bertz CT molecular complexity index is 1190. The van der Waals surface area contributed by atoms with Crippen molar-refractivity contribution in [2.45, 2.75) is 26.4 Å². The third-order valence-corrected chi connectivity index (χ3v) is 5.16. The van der Waals surface area contributed by atoms with E-state index in [1.54, 1.807) is 42.5 Å². The summed E-state index contributed by atoms with van der Waals surface area (Å²) in [4.78, 5) is 26.1. The number of hydrogen-bond donors (Lipinski definition) is 1. The molecule has 6 heteroatoms. The van der Waals surface area contributed by atoms with Crippen molar-refractivity contribution in [2.75, 3.05) is 6.79 Å². The van der Waals surface area contributed by atoms with E-state index in [0.29, 0.717) is 28.4 Å². The Hall–Kier alpha value is -4.06. The lowest BCUT2D eigenvalue weighted by molar-refractivity contribution is -0.130. The quantitative estimate of drug-likeness (QED) is 0.381. The second-order valence-electron chi connectivity index (χ2n) is 7.91. The predicted molar refractivity (Wildman–Crippen MR) is 124 cm³/mol. The third-order valence-electron chi connectivity index (χ3n) is 5.16. The molecule has 1 N–H and O–H groups in total. The van der Waals surface area contributed by atoms with Gasteiger partial charge < -0.3 is 19.3 Å². The van der Waals surface area contributed by atoms with Gasteiger partial charge in [-0.3, -0.25) is 4.79 Å². The summed E-state index contributed by atoms with van der Waals surface area (Å²) in [5, 5.41) is 10.2. The van der Waals surface area contributed by atoms with E-state index >= 15 is 0 Å². The molecule has 0 amide bonds. The van der Waals surface area contributed by atoms with Gasteiger partial charge in [0.2, 0.25) is 6.79 Å². The lowest BCUT2D eigenvalue weighted by atomic mass is 9.89. The molecule has 4 rings (SSSR count). The number of carboxylic acid groups (broad SMARTS) is 1. The van der Waals surface area contributed by atoms with E-state index in [0.717, 1.165) is 5.56 Å². The highest BCUT2D eigenvalue weighted by molar-refractivity contribution is 6.26. The van der Waals surface area contributed by atoms with Crippen LogP contribution in [0.2, 0.25) is 0 Å². The summed E-state index contributed by atoms with van der Waals surface area (Å²) in [5.74, 6) is 0.0930. The topological polar surface area (TPSA) is 82.1 Å². The first-order valence-corrected chi connectivity index (χ1v) is 10.6. The first-order chi connectivity index (χ1) is 15.9. The molecule has 0 saturated heterocycles. The maximum absolute atomic E-state index is 13.6. The molecule has 0 radical (unpaired) electrons. The molecule has 0 fully saturated rings. The standard InChI is InChI=1S/C27H24O6/c1-17(2)33-21-11-8-19(9-12-21)26(28)22(14-18-6-4-3-5-7-18)25(27(29)30)20-10-13-23-24(15-20)32-16-31-23/h3-13,15,17H,14,16H2,1-2H3,(H,29,30)/b25-22-. The van der Waals surface area contributed by atoms with Crippen LogP contribution < -0.4 is 14.2 Å². The van der Waals surface area contributed by atoms with Crippen molar-refractivity contribution >= 4 is 17.3 Å². The smallest absolute Gasteiger partial charge is 0.336 e. The van der Waals surface area contributed by atoms with Gasteiger partial charge in [0.05, 0.1) is 11.7 Å². The number of aliphatic carboxylic acids is 1. The zero-order chi connectivity index (χ0) is 23.4. The van der Waals surface area contributed by atoms with Crippen molar-refractivity contribution in [1.29, 1.82) is 0 Å². The number of benzene rings is 3. The number of rotatable bonds is 8. The van der Waals surface area contributed by atoms with Gasteiger partial charge in [-0.25, -0.2) is 4.79 Å². The molecule has 1 aliphatic heterocycles. The van der Waals surface area contributed by atoms with E-state index in [9.17, 15) is 14.7 Å². The van der Waals surface area contributed by atoms with E-state index in [4.69, 9.17) is 14.2 Å². The second kappa shape index (κ2) is 9.61. The molecular weight excluding hydrogens is 420 g/mol. The summed E-state index contributed by atoms with van der Waals surface area (Å²) in [6.45, 7) is 3.92. The van der Waals surface area contributed by atoms with E-state index in [2.05, 4.69) is 0 Å². The van der Waals surface area contributed by atoms with Crippen molar-refractivity contribution in [2.24, 2.45) is 0 Å². The van der Waals surface area contributed by atoms with Gasteiger partial charge in [-0.05, 0) is 61.4 Å². The van der Waals surface area contributed by atoms with Crippen LogP contribution in [0.4, 0.5) is 0 Å². The molecule has 3 aromatic rings. The SMILES string of the molecule is CC(C)Oc1ccc(C(=O)/C(Cc2ccccc2)=C(\C(=O)O)c2ccc3c(c2)OCO3)cc1. The first kappa shape index (κ1) is 22.1. The molecule has 0 bridgehead atoms. The fourth-order valence-corrected chi connectivity index (χ4v) is 3.69. The average molecular weight is 444 g/mol. The number of hydrogen-bond acceptors (Lipinski definition) is 5. The summed E-state index contributed by atoms with van der Waals surface area (Å²) in [7, 11) is 0. The van der Waals surface area contributed by atoms with Crippen molar-refractivity contribution in [3.05, 3.63) is 95.1 Å². The predicted octanol–water partition coefficient (Wildman–Crippen LogP) is 5.17. The Labute approximate surface area is 192 Å². The van der Waals surface area contributed by atoms with Crippen LogP contribution in [-0.4, -0.2) is 29.8 Å². The maximum atomic E-state index is 13.6. The average Bonchev–Trinajstić information content (AvgIpc) is 3.27. The van der Waals surface area contributed by atoms with Gasteiger partial charge in [0.15, 0.2) is 17.3 Å². The van der Waals surface area contributed by atoms with Crippen LogP contribution in [-0.2, 0) is 11.2 Å². The van der Waals surface area contributed by atoms with Gasteiger partial charge in [0, 0.05) is 17.6 Å². The highest BCUT2D eigenvalue weighted by Crippen LogP contribution is 2.36. The van der Waals surface area contributed by atoms with E-state index < -0.39 is 5.97 Å². The lowest BCUT2D eigenvalue weighted by Crippen LogP contribution is -2.14. The largest absolute Gasteiger partial charge is 0.491 e. The summed E-state index contributed by atoms with van der Waals surface area (Å²) in [5.41, 5.74) is 1.72. The van der Waals surface area contributed by atoms with Gasteiger partial charge in [0.1, 0.15) is 5.75 Å². The molecule has 0 spiro atoms. The maximum Gasteiger partial charge on any atom is 0.336 e. The van der Waals surface area contributed by atoms with Crippen LogP contribution in [0.5, 0.6) is 17.2 Å². The normalized spacial score (nSPS) is 12.9. The number of ether oxygens (including phenoxy) is 3. The van der Waals surface area contributed by atoms with Crippen LogP contribution >= 0.6 is 0 Å². The highest BCUT2D eigenvalue weighted by atomic mass is 16.7. The molecule has 1 aliphatic rings. The number of carbonyl (C=O) groups is 2. The molecular formula is C27H24O6.